The van der Waals surface area contributed by atoms with E-state index in [1.807, 2.05) is 45.0 Å². The average Bonchev–Trinajstić information content (AvgIpc) is 3.13. The van der Waals surface area contributed by atoms with E-state index in [-0.39, 0.29) is 36.8 Å². The Kier molecular flexibility index (Phi) is 8.90. The molecule has 3 atom stereocenters. The second-order valence-corrected chi connectivity index (χ2v) is 9.57. The van der Waals surface area contributed by atoms with Gasteiger partial charge < -0.3 is 20.5 Å². The molecular weight excluding hydrogens is 444 g/mol. The summed E-state index contributed by atoms with van der Waals surface area (Å²) in [5.41, 5.74) is 4.60. The van der Waals surface area contributed by atoms with Crippen LogP contribution < -0.4 is 10.6 Å². The molecule has 0 spiro atoms. The van der Waals surface area contributed by atoms with Crippen molar-refractivity contribution in [1.82, 2.24) is 10.6 Å². The molecule has 3 unspecified atom stereocenters. The Balaban J connectivity index is 1.60. The van der Waals surface area contributed by atoms with Gasteiger partial charge in [-0.05, 0) is 47.9 Å². The number of aliphatic carboxylic acids is 1. The Morgan fingerprint density at radius 2 is 1.51 bits per heavy atom. The molecule has 1 aliphatic carbocycles. The van der Waals surface area contributed by atoms with Gasteiger partial charge in [0.2, 0.25) is 5.91 Å². The van der Waals surface area contributed by atoms with Crippen LogP contribution in [0, 0.1) is 11.8 Å². The van der Waals surface area contributed by atoms with E-state index in [0.717, 1.165) is 22.3 Å². The summed E-state index contributed by atoms with van der Waals surface area (Å²) in [6.45, 7) is 7.77. The summed E-state index contributed by atoms with van der Waals surface area (Å²) < 4.78 is 5.64. The van der Waals surface area contributed by atoms with Gasteiger partial charge in [-0.15, -0.1) is 0 Å². The molecule has 0 bridgehead atoms. The Bertz CT molecular complexity index is 1010. The molecule has 2 aromatic rings. The number of fused-ring (bicyclic) bond motifs is 3. The number of carbonyl (C=O) groups excluding carboxylic acids is 2. The quantitative estimate of drug-likeness (QED) is 0.422. The highest BCUT2D eigenvalue weighted by Crippen LogP contribution is 2.44. The number of nitrogens with one attached hydrogen (secondary N) is 2. The highest BCUT2D eigenvalue weighted by Gasteiger charge is 2.32. The molecule has 0 saturated carbocycles. The van der Waals surface area contributed by atoms with Gasteiger partial charge in [0.15, 0.2) is 0 Å². The maximum absolute atomic E-state index is 13.0. The molecule has 1 aliphatic rings. The van der Waals surface area contributed by atoms with Gasteiger partial charge in [-0.3, -0.25) is 9.59 Å². The topological polar surface area (TPSA) is 105 Å². The highest BCUT2D eigenvalue weighted by molar-refractivity contribution is 5.81. The lowest BCUT2D eigenvalue weighted by Gasteiger charge is -2.29. The fourth-order valence-electron chi connectivity index (χ4n) is 5.00. The lowest BCUT2D eigenvalue weighted by molar-refractivity contribution is -0.137. The Labute approximate surface area is 207 Å². The minimum Gasteiger partial charge on any atom is -0.481 e. The van der Waals surface area contributed by atoms with E-state index in [0.29, 0.717) is 12.8 Å². The number of benzene rings is 2. The normalized spacial score (nSPS) is 15.0. The number of rotatable bonds is 11. The van der Waals surface area contributed by atoms with Crippen molar-refractivity contribution in [2.45, 2.75) is 65.0 Å². The molecule has 2 amide bonds. The summed E-state index contributed by atoms with van der Waals surface area (Å²) in [4.78, 5) is 36.6. The zero-order chi connectivity index (χ0) is 25.5. The van der Waals surface area contributed by atoms with E-state index < -0.39 is 24.0 Å². The van der Waals surface area contributed by atoms with Crippen molar-refractivity contribution in [3.8, 4) is 11.1 Å². The molecule has 0 fully saturated rings. The minimum atomic E-state index is -0.886. The maximum Gasteiger partial charge on any atom is 0.407 e. The number of hydrogen-bond donors (Lipinski definition) is 3. The molecule has 0 radical (unpaired) electrons. The standard InChI is InChI=1S/C28H36N2O5/c1-5-19(14-15-25(31)32)30-27(33)26(17(2)3)18(4)29-28(34)35-16-24-22-12-8-6-10-20(22)21-11-7-9-13-23(21)24/h6-13,17-19,24,26H,5,14-16H2,1-4H3,(H,29,34)(H,30,33)(H,31,32). The first-order valence-corrected chi connectivity index (χ1v) is 12.4. The second kappa shape index (κ2) is 11.9. The van der Waals surface area contributed by atoms with E-state index in [9.17, 15) is 14.4 Å². The molecule has 188 valence electrons. The van der Waals surface area contributed by atoms with Crippen LogP contribution in [0.2, 0.25) is 0 Å². The van der Waals surface area contributed by atoms with E-state index in [1.165, 1.54) is 0 Å². The molecule has 7 heteroatoms. The summed E-state index contributed by atoms with van der Waals surface area (Å²) in [6.07, 6.45) is 0.448. The van der Waals surface area contributed by atoms with Crippen LogP contribution in [-0.4, -0.2) is 41.8 Å². The number of carboxylic acids is 1. The first-order chi connectivity index (χ1) is 16.7. The van der Waals surface area contributed by atoms with Crippen molar-refractivity contribution in [2.24, 2.45) is 11.8 Å². The van der Waals surface area contributed by atoms with Gasteiger partial charge in [0.1, 0.15) is 6.61 Å². The van der Waals surface area contributed by atoms with Crippen molar-refractivity contribution in [3.63, 3.8) is 0 Å². The van der Waals surface area contributed by atoms with Crippen LogP contribution in [0.25, 0.3) is 11.1 Å². The number of amides is 2. The molecule has 0 aliphatic heterocycles. The largest absolute Gasteiger partial charge is 0.481 e. The van der Waals surface area contributed by atoms with Crippen LogP contribution in [0.15, 0.2) is 48.5 Å². The Hall–Kier alpha value is -3.35. The molecule has 2 aromatic carbocycles. The predicted octanol–water partition coefficient (Wildman–Crippen LogP) is 4.95. The molecule has 35 heavy (non-hydrogen) atoms. The number of alkyl carbamates (subject to hydrolysis) is 1. The number of ether oxygens (including phenoxy) is 1. The molecule has 0 heterocycles. The number of hydrogen-bond acceptors (Lipinski definition) is 4. The van der Waals surface area contributed by atoms with Crippen LogP contribution in [0.4, 0.5) is 4.79 Å². The fraction of sp³-hybridized carbons (Fsp3) is 0.464. The number of carboxylic acid groups (broad SMARTS) is 1. The zero-order valence-electron chi connectivity index (χ0n) is 20.9. The monoisotopic (exact) mass is 480 g/mol. The van der Waals surface area contributed by atoms with Crippen molar-refractivity contribution in [1.29, 1.82) is 0 Å². The smallest absolute Gasteiger partial charge is 0.407 e. The van der Waals surface area contributed by atoms with E-state index in [4.69, 9.17) is 9.84 Å². The lowest BCUT2D eigenvalue weighted by atomic mass is 9.88. The minimum absolute atomic E-state index is 0.00130. The van der Waals surface area contributed by atoms with Crippen LogP contribution in [0.1, 0.15) is 64.0 Å². The van der Waals surface area contributed by atoms with Gasteiger partial charge in [0.25, 0.3) is 0 Å². The van der Waals surface area contributed by atoms with Crippen LogP contribution in [-0.2, 0) is 14.3 Å². The zero-order valence-corrected chi connectivity index (χ0v) is 20.9. The fourth-order valence-corrected chi connectivity index (χ4v) is 5.00. The Morgan fingerprint density at radius 3 is 2.03 bits per heavy atom. The van der Waals surface area contributed by atoms with Gasteiger partial charge in [-0.1, -0.05) is 69.3 Å². The van der Waals surface area contributed by atoms with Crippen LogP contribution in [0.5, 0.6) is 0 Å². The van der Waals surface area contributed by atoms with Crippen LogP contribution >= 0.6 is 0 Å². The van der Waals surface area contributed by atoms with Gasteiger partial charge in [-0.2, -0.15) is 0 Å². The third kappa shape index (κ3) is 6.41. The molecule has 0 aromatic heterocycles. The van der Waals surface area contributed by atoms with Crippen molar-refractivity contribution in [3.05, 3.63) is 59.7 Å². The van der Waals surface area contributed by atoms with Crippen molar-refractivity contribution in [2.75, 3.05) is 6.61 Å². The number of carbonyl (C=O) groups is 3. The summed E-state index contributed by atoms with van der Waals surface area (Å²) in [7, 11) is 0. The van der Waals surface area contributed by atoms with E-state index in [1.54, 1.807) is 6.92 Å². The molecule has 7 nitrogen and oxygen atoms in total. The average molecular weight is 481 g/mol. The second-order valence-electron chi connectivity index (χ2n) is 9.57. The summed E-state index contributed by atoms with van der Waals surface area (Å²) in [5.74, 6) is -1.62. The van der Waals surface area contributed by atoms with Crippen molar-refractivity contribution >= 4 is 18.0 Å². The van der Waals surface area contributed by atoms with Crippen molar-refractivity contribution < 1.29 is 24.2 Å². The molecular formula is C28H36N2O5. The molecule has 3 N–H and O–H groups in total. The third-order valence-corrected chi connectivity index (χ3v) is 6.79. The summed E-state index contributed by atoms with van der Waals surface area (Å²) in [5, 5.41) is 14.7. The first-order valence-electron chi connectivity index (χ1n) is 12.4. The van der Waals surface area contributed by atoms with E-state index >= 15 is 0 Å². The summed E-state index contributed by atoms with van der Waals surface area (Å²) in [6, 6.07) is 15.6. The molecule has 0 saturated heterocycles. The third-order valence-electron chi connectivity index (χ3n) is 6.79. The first kappa shape index (κ1) is 26.3. The van der Waals surface area contributed by atoms with Gasteiger partial charge in [0, 0.05) is 24.4 Å². The SMILES string of the molecule is CCC(CCC(=O)O)NC(=O)C(C(C)C)C(C)NC(=O)OCC1c2ccccc2-c2ccccc21. The summed E-state index contributed by atoms with van der Waals surface area (Å²) >= 11 is 0. The van der Waals surface area contributed by atoms with E-state index in [2.05, 4.69) is 34.9 Å². The highest BCUT2D eigenvalue weighted by atomic mass is 16.5. The van der Waals surface area contributed by atoms with Gasteiger partial charge in [-0.25, -0.2) is 4.79 Å². The van der Waals surface area contributed by atoms with Crippen LogP contribution in [0.3, 0.4) is 0 Å². The van der Waals surface area contributed by atoms with Gasteiger partial charge in [0.05, 0.1) is 5.92 Å². The van der Waals surface area contributed by atoms with Gasteiger partial charge >= 0.3 is 12.1 Å². The molecule has 3 rings (SSSR count). The maximum atomic E-state index is 13.0. The lowest BCUT2D eigenvalue weighted by Crippen LogP contribution is -2.49. The Morgan fingerprint density at radius 1 is 0.943 bits per heavy atom. The predicted molar refractivity (Wildman–Crippen MR) is 135 cm³/mol.